The van der Waals surface area contributed by atoms with Crippen LogP contribution in [0.3, 0.4) is 0 Å². The lowest BCUT2D eigenvalue weighted by atomic mass is 10.0. The highest BCUT2D eigenvalue weighted by Gasteiger charge is 2.22. The molecule has 3 heterocycles. The Hall–Kier alpha value is -4.75. The van der Waals surface area contributed by atoms with E-state index in [1.807, 2.05) is 50.0 Å². The maximum absolute atomic E-state index is 12.0. The number of allylic oxidation sites excluding steroid dienone is 1. The van der Waals surface area contributed by atoms with E-state index in [1.165, 1.54) is 17.2 Å². The molecule has 4 aromatic rings. The molecule has 0 atom stereocenters. The fourth-order valence-corrected chi connectivity index (χ4v) is 5.22. The molecule has 0 aliphatic carbocycles. The standard InChI is InChI=1S/C30H32N8O2/c1-20-16-26(36(4)15-14-35(2)3)27(38(39)40)17-25(20)33-30-32-18-22(9-6-12-31)28(34-30)24-19-37-13-7-10-21-8-5-11-23(24)29(21)37/h5-6,8-9,11,16-19H,7,10,13-15H2,1-4H3,(H,32,33,34). The molecule has 10 heteroatoms. The summed E-state index contributed by atoms with van der Waals surface area (Å²) in [6.45, 7) is 4.27. The third kappa shape index (κ3) is 5.24. The van der Waals surface area contributed by atoms with Crippen molar-refractivity contribution in [2.24, 2.45) is 0 Å². The minimum absolute atomic E-state index is 0.0112. The number of anilines is 3. The number of nitriles is 1. The second-order valence-electron chi connectivity index (χ2n) is 10.4. The first-order chi connectivity index (χ1) is 19.3. The van der Waals surface area contributed by atoms with Gasteiger partial charge in [0.1, 0.15) is 5.69 Å². The number of nitrogens with one attached hydrogen (secondary N) is 1. The van der Waals surface area contributed by atoms with E-state index >= 15 is 0 Å². The van der Waals surface area contributed by atoms with Crippen LogP contribution >= 0.6 is 0 Å². The van der Waals surface area contributed by atoms with Crippen LogP contribution in [0.1, 0.15) is 23.1 Å². The molecule has 1 aliphatic rings. The molecule has 2 aromatic heterocycles. The van der Waals surface area contributed by atoms with Gasteiger partial charge in [0.15, 0.2) is 0 Å². The molecule has 204 valence electrons. The number of nitro groups is 1. The number of nitro benzene ring substituents is 1. The average Bonchev–Trinajstić information content (AvgIpc) is 3.32. The summed E-state index contributed by atoms with van der Waals surface area (Å²) in [5, 5.41) is 25.5. The molecule has 10 nitrogen and oxygen atoms in total. The Bertz CT molecular complexity index is 1660. The van der Waals surface area contributed by atoms with Crippen LogP contribution in [0.2, 0.25) is 0 Å². The van der Waals surface area contributed by atoms with Crippen molar-refractivity contribution in [3.8, 4) is 17.3 Å². The van der Waals surface area contributed by atoms with Crippen molar-refractivity contribution >= 4 is 40.0 Å². The van der Waals surface area contributed by atoms with Crippen molar-refractivity contribution in [2.75, 3.05) is 44.4 Å². The number of aromatic nitrogens is 3. The highest BCUT2D eigenvalue weighted by Crippen LogP contribution is 2.38. The topological polar surface area (TPSA) is 116 Å². The SMILES string of the molecule is Cc1cc(N(C)CCN(C)C)c([N+](=O)[O-])cc1Nc1ncc(C=CC#N)c(-c2cn3c4c(cccc24)CCC3)n1. The molecule has 0 unspecified atom stereocenters. The number of para-hydroxylation sites is 1. The summed E-state index contributed by atoms with van der Waals surface area (Å²) in [6, 6.07) is 11.8. The lowest BCUT2D eigenvalue weighted by Gasteiger charge is -2.22. The van der Waals surface area contributed by atoms with E-state index in [9.17, 15) is 10.1 Å². The van der Waals surface area contributed by atoms with E-state index in [2.05, 4.69) is 39.3 Å². The highest BCUT2D eigenvalue weighted by molar-refractivity contribution is 5.99. The van der Waals surface area contributed by atoms with E-state index in [-0.39, 0.29) is 10.6 Å². The van der Waals surface area contributed by atoms with Gasteiger partial charge in [-0.1, -0.05) is 18.2 Å². The molecule has 2 aromatic carbocycles. The summed E-state index contributed by atoms with van der Waals surface area (Å²) < 4.78 is 2.27. The quantitative estimate of drug-likeness (QED) is 0.168. The Morgan fingerprint density at radius 3 is 2.83 bits per heavy atom. The van der Waals surface area contributed by atoms with Gasteiger partial charge in [-0.2, -0.15) is 5.26 Å². The van der Waals surface area contributed by atoms with Gasteiger partial charge in [0.2, 0.25) is 5.95 Å². The van der Waals surface area contributed by atoms with Gasteiger partial charge in [0.25, 0.3) is 5.69 Å². The Kier molecular flexibility index (Phi) is 7.49. The maximum Gasteiger partial charge on any atom is 0.294 e. The number of likely N-dealkylation sites (N-methyl/N-ethyl adjacent to an activating group) is 2. The van der Waals surface area contributed by atoms with Crippen LogP contribution in [-0.4, -0.2) is 58.6 Å². The third-order valence-electron chi connectivity index (χ3n) is 7.30. The molecular formula is C30H32N8O2. The molecule has 0 bridgehead atoms. The zero-order chi connectivity index (χ0) is 28.4. The van der Waals surface area contributed by atoms with Crippen molar-refractivity contribution < 1.29 is 4.92 Å². The van der Waals surface area contributed by atoms with Crippen LogP contribution in [0.25, 0.3) is 28.2 Å². The van der Waals surface area contributed by atoms with Gasteiger partial charge in [0.05, 0.1) is 27.9 Å². The fourth-order valence-electron chi connectivity index (χ4n) is 5.22. The van der Waals surface area contributed by atoms with Gasteiger partial charge in [-0.3, -0.25) is 10.1 Å². The molecule has 0 radical (unpaired) electrons. The van der Waals surface area contributed by atoms with Crippen molar-refractivity contribution in [3.05, 3.63) is 75.6 Å². The molecule has 0 amide bonds. The monoisotopic (exact) mass is 536 g/mol. The predicted molar refractivity (Wildman–Crippen MR) is 159 cm³/mol. The zero-order valence-electron chi connectivity index (χ0n) is 23.2. The number of hydrogen-bond donors (Lipinski definition) is 1. The highest BCUT2D eigenvalue weighted by atomic mass is 16.6. The lowest BCUT2D eigenvalue weighted by Crippen LogP contribution is -2.29. The molecular weight excluding hydrogens is 504 g/mol. The Balaban J connectivity index is 1.56. The molecule has 0 saturated heterocycles. The minimum Gasteiger partial charge on any atom is -0.368 e. The molecule has 0 spiro atoms. The smallest absolute Gasteiger partial charge is 0.294 e. The molecule has 1 N–H and O–H groups in total. The number of nitrogens with zero attached hydrogens (tertiary/aromatic N) is 7. The van der Waals surface area contributed by atoms with E-state index in [0.29, 0.717) is 29.6 Å². The summed E-state index contributed by atoms with van der Waals surface area (Å²) >= 11 is 0. The summed E-state index contributed by atoms with van der Waals surface area (Å²) in [5.74, 6) is 0.321. The first-order valence-corrected chi connectivity index (χ1v) is 13.2. The van der Waals surface area contributed by atoms with Gasteiger partial charge >= 0.3 is 0 Å². The number of hydrogen-bond acceptors (Lipinski definition) is 8. The van der Waals surface area contributed by atoms with Crippen molar-refractivity contribution in [1.82, 2.24) is 19.4 Å². The van der Waals surface area contributed by atoms with Crippen molar-refractivity contribution in [2.45, 2.75) is 26.3 Å². The summed E-state index contributed by atoms with van der Waals surface area (Å²) in [7, 11) is 5.81. The number of benzene rings is 2. The maximum atomic E-state index is 12.0. The van der Waals surface area contributed by atoms with Crippen LogP contribution in [-0.2, 0) is 13.0 Å². The molecule has 5 rings (SSSR count). The van der Waals surface area contributed by atoms with Crippen LogP contribution in [0.5, 0.6) is 0 Å². The molecule has 0 saturated carbocycles. The van der Waals surface area contributed by atoms with Gasteiger partial charge in [-0.25, -0.2) is 9.97 Å². The van der Waals surface area contributed by atoms with Crippen molar-refractivity contribution in [1.29, 1.82) is 5.26 Å². The minimum atomic E-state index is -0.359. The third-order valence-corrected chi connectivity index (χ3v) is 7.30. The van der Waals surface area contributed by atoms with Gasteiger partial charge < -0.3 is 19.7 Å². The van der Waals surface area contributed by atoms with Crippen molar-refractivity contribution in [3.63, 3.8) is 0 Å². The average molecular weight is 537 g/mol. The zero-order valence-corrected chi connectivity index (χ0v) is 23.2. The van der Waals surface area contributed by atoms with Gasteiger partial charge in [-0.15, -0.1) is 0 Å². The Labute approximate surface area is 233 Å². The Morgan fingerprint density at radius 2 is 2.08 bits per heavy atom. The molecule has 0 fully saturated rings. The predicted octanol–water partition coefficient (Wildman–Crippen LogP) is 5.54. The fraction of sp³-hybridized carbons (Fsp3) is 0.300. The van der Waals surface area contributed by atoms with E-state index in [0.717, 1.165) is 48.0 Å². The van der Waals surface area contributed by atoms with E-state index < -0.39 is 0 Å². The van der Waals surface area contributed by atoms with Crippen LogP contribution in [0.4, 0.5) is 23.0 Å². The summed E-state index contributed by atoms with van der Waals surface area (Å²) in [4.78, 5) is 25.0. The first kappa shape index (κ1) is 26.8. The summed E-state index contributed by atoms with van der Waals surface area (Å²) in [5.41, 5.74) is 6.87. The Morgan fingerprint density at radius 1 is 1.25 bits per heavy atom. The van der Waals surface area contributed by atoms with E-state index in [1.54, 1.807) is 18.3 Å². The summed E-state index contributed by atoms with van der Waals surface area (Å²) in [6.07, 6.45) is 9.04. The van der Waals surface area contributed by atoms with Crippen LogP contribution in [0, 0.1) is 28.4 Å². The largest absolute Gasteiger partial charge is 0.368 e. The first-order valence-electron chi connectivity index (χ1n) is 13.2. The number of aryl methyl sites for hydroxylation is 3. The van der Waals surface area contributed by atoms with Gasteiger partial charge in [-0.05, 0) is 57.1 Å². The second-order valence-corrected chi connectivity index (χ2v) is 10.4. The lowest BCUT2D eigenvalue weighted by molar-refractivity contribution is -0.384. The number of rotatable bonds is 9. The second kappa shape index (κ2) is 11.2. The van der Waals surface area contributed by atoms with Gasteiger partial charge in [0, 0.05) is 67.7 Å². The van der Waals surface area contributed by atoms with Crippen LogP contribution in [0.15, 0.2) is 48.8 Å². The van der Waals surface area contributed by atoms with E-state index in [4.69, 9.17) is 10.2 Å². The van der Waals surface area contributed by atoms with Crippen LogP contribution < -0.4 is 10.2 Å². The molecule has 40 heavy (non-hydrogen) atoms. The molecule has 1 aliphatic heterocycles. The normalized spacial score (nSPS) is 12.7.